The first-order valence-corrected chi connectivity index (χ1v) is 8.73. The van der Waals surface area contributed by atoms with Gasteiger partial charge in [0.2, 0.25) is 10.0 Å². The number of hydrogen-bond acceptors (Lipinski definition) is 4. The Labute approximate surface area is 113 Å². The Bertz CT molecular complexity index is 476. The molecule has 1 aromatic heterocycles. The van der Waals surface area contributed by atoms with Crippen molar-refractivity contribution in [1.29, 1.82) is 0 Å². The molecule has 1 fully saturated rings. The van der Waals surface area contributed by atoms with Crippen molar-refractivity contribution in [3.8, 4) is 0 Å². The second-order valence-corrected chi connectivity index (χ2v) is 7.72. The van der Waals surface area contributed by atoms with Crippen molar-refractivity contribution in [2.75, 3.05) is 13.1 Å². The summed E-state index contributed by atoms with van der Waals surface area (Å²) in [6, 6.07) is 4.06. The molecule has 0 spiro atoms. The fourth-order valence-electron chi connectivity index (χ4n) is 2.13. The van der Waals surface area contributed by atoms with Crippen LogP contribution in [0.5, 0.6) is 0 Å². The Morgan fingerprint density at radius 1 is 1.50 bits per heavy atom. The lowest BCUT2D eigenvalue weighted by molar-refractivity contribution is 0.540. The largest absolute Gasteiger partial charge is 0.314 e. The Morgan fingerprint density at radius 2 is 2.33 bits per heavy atom. The van der Waals surface area contributed by atoms with Crippen LogP contribution < -0.4 is 10.0 Å². The molecule has 0 bridgehead atoms. The molecule has 1 aliphatic heterocycles. The second kappa shape index (κ2) is 6.14. The molecule has 6 heteroatoms. The van der Waals surface area contributed by atoms with Crippen LogP contribution >= 0.6 is 11.3 Å². The molecular weight excluding hydrogens is 268 g/mol. The third-order valence-corrected chi connectivity index (χ3v) is 6.38. The van der Waals surface area contributed by atoms with Gasteiger partial charge in [0.1, 0.15) is 4.21 Å². The summed E-state index contributed by atoms with van der Waals surface area (Å²) in [6.07, 6.45) is 4.10. The molecule has 0 aromatic carbocycles. The zero-order chi connectivity index (χ0) is 13.0. The highest BCUT2D eigenvalue weighted by Gasteiger charge is 2.18. The molecule has 1 aliphatic rings. The first-order valence-electron chi connectivity index (χ1n) is 6.43. The van der Waals surface area contributed by atoms with Gasteiger partial charge in [-0.1, -0.05) is 6.92 Å². The first-order chi connectivity index (χ1) is 8.62. The molecule has 2 N–H and O–H groups in total. The van der Waals surface area contributed by atoms with E-state index in [1.807, 2.05) is 13.0 Å². The van der Waals surface area contributed by atoms with Crippen LogP contribution in [0.1, 0.15) is 31.1 Å². The summed E-state index contributed by atoms with van der Waals surface area (Å²) in [5.74, 6) is 0. The zero-order valence-electron chi connectivity index (χ0n) is 10.6. The van der Waals surface area contributed by atoms with Gasteiger partial charge in [-0.3, -0.25) is 0 Å². The van der Waals surface area contributed by atoms with Crippen LogP contribution in [0.25, 0.3) is 0 Å². The third-order valence-electron chi connectivity index (χ3n) is 3.20. The van der Waals surface area contributed by atoms with Gasteiger partial charge in [-0.15, -0.1) is 11.3 Å². The van der Waals surface area contributed by atoms with Gasteiger partial charge in [0.25, 0.3) is 0 Å². The van der Waals surface area contributed by atoms with Crippen LogP contribution in [0, 0.1) is 0 Å². The van der Waals surface area contributed by atoms with E-state index in [1.165, 1.54) is 17.8 Å². The molecule has 0 unspecified atom stereocenters. The first kappa shape index (κ1) is 14.0. The summed E-state index contributed by atoms with van der Waals surface area (Å²) in [5, 5.41) is 3.36. The van der Waals surface area contributed by atoms with E-state index in [4.69, 9.17) is 0 Å². The predicted octanol–water partition coefficient (Wildman–Crippen LogP) is 1.73. The summed E-state index contributed by atoms with van der Waals surface area (Å²) >= 11 is 1.36. The highest BCUT2D eigenvalue weighted by atomic mass is 32.2. The molecule has 1 aromatic rings. The Morgan fingerprint density at radius 3 is 2.94 bits per heavy atom. The monoisotopic (exact) mass is 288 g/mol. The van der Waals surface area contributed by atoms with Crippen LogP contribution in [-0.2, 0) is 16.4 Å². The summed E-state index contributed by atoms with van der Waals surface area (Å²) in [6.45, 7) is 3.60. The molecule has 1 saturated heterocycles. The number of rotatable bonds is 6. The minimum Gasteiger partial charge on any atom is -0.314 e. The fourth-order valence-corrected chi connectivity index (χ4v) is 4.52. The van der Waals surface area contributed by atoms with Crippen LogP contribution in [0.2, 0.25) is 0 Å². The number of aryl methyl sites for hydroxylation is 1. The molecule has 18 heavy (non-hydrogen) atoms. The standard InChI is InChI=1S/C12H20N2O2S2/c1-2-11-5-6-12(17-11)18(15,16)14-9-7-10-4-3-8-13-10/h5-6,10,13-14H,2-4,7-9H2,1H3/t10-/m1/s1. The van der Waals surface area contributed by atoms with Gasteiger partial charge >= 0.3 is 0 Å². The van der Waals surface area contributed by atoms with Gasteiger partial charge in [-0.05, 0) is 44.4 Å². The normalized spacial score (nSPS) is 20.4. The molecule has 2 rings (SSSR count). The lowest BCUT2D eigenvalue weighted by atomic mass is 10.2. The number of sulfonamides is 1. The minimum atomic E-state index is -3.30. The van der Waals surface area contributed by atoms with E-state index in [2.05, 4.69) is 10.0 Å². The Hall–Kier alpha value is -0.430. The van der Waals surface area contributed by atoms with Crippen LogP contribution in [0.4, 0.5) is 0 Å². The maximum atomic E-state index is 12.0. The quantitative estimate of drug-likeness (QED) is 0.838. The van der Waals surface area contributed by atoms with E-state index in [0.717, 1.165) is 30.7 Å². The molecule has 2 heterocycles. The molecule has 0 aliphatic carbocycles. The lowest BCUT2D eigenvalue weighted by Crippen LogP contribution is -2.30. The molecule has 0 saturated carbocycles. The van der Waals surface area contributed by atoms with Gasteiger partial charge in [-0.2, -0.15) is 0 Å². The van der Waals surface area contributed by atoms with Gasteiger partial charge < -0.3 is 5.32 Å². The van der Waals surface area contributed by atoms with Crippen LogP contribution in [0.15, 0.2) is 16.3 Å². The number of nitrogens with one attached hydrogen (secondary N) is 2. The lowest BCUT2D eigenvalue weighted by Gasteiger charge is -2.10. The topological polar surface area (TPSA) is 58.2 Å². The summed E-state index contributed by atoms with van der Waals surface area (Å²) in [4.78, 5) is 1.10. The molecule has 102 valence electrons. The predicted molar refractivity (Wildman–Crippen MR) is 74.5 cm³/mol. The van der Waals surface area contributed by atoms with Gasteiger partial charge in [0.15, 0.2) is 0 Å². The number of thiophene rings is 1. The SMILES string of the molecule is CCc1ccc(S(=O)(=O)NCC[C@H]2CCCN2)s1. The second-order valence-electron chi connectivity index (χ2n) is 4.55. The van der Waals surface area contributed by atoms with Crippen molar-refractivity contribution in [2.24, 2.45) is 0 Å². The molecule has 4 nitrogen and oxygen atoms in total. The molecule has 1 atom stereocenters. The summed E-state index contributed by atoms with van der Waals surface area (Å²) in [7, 11) is -3.30. The highest BCUT2D eigenvalue weighted by molar-refractivity contribution is 7.91. The minimum absolute atomic E-state index is 0.429. The smallest absolute Gasteiger partial charge is 0.250 e. The van der Waals surface area contributed by atoms with Gasteiger partial charge in [-0.25, -0.2) is 13.1 Å². The number of hydrogen-bond donors (Lipinski definition) is 2. The Balaban J connectivity index is 1.86. The molecule has 0 amide bonds. The van der Waals surface area contributed by atoms with E-state index in [0.29, 0.717) is 16.8 Å². The van der Waals surface area contributed by atoms with Crippen molar-refractivity contribution >= 4 is 21.4 Å². The van der Waals surface area contributed by atoms with E-state index < -0.39 is 10.0 Å². The molecular formula is C12H20N2O2S2. The van der Waals surface area contributed by atoms with Crippen molar-refractivity contribution in [3.05, 3.63) is 17.0 Å². The maximum Gasteiger partial charge on any atom is 0.250 e. The average Bonchev–Trinajstić information content (AvgIpc) is 2.99. The van der Waals surface area contributed by atoms with Crippen molar-refractivity contribution < 1.29 is 8.42 Å². The van der Waals surface area contributed by atoms with Crippen LogP contribution in [0.3, 0.4) is 0 Å². The van der Waals surface area contributed by atoms with Crippen molar-refractivity contribution in [1.82, 2.24) is 10.0 Å². The Kier molecular flexibility index (Phi) is 4.77. The van der Waals surface area contributed by atoms with E-state index in [-0.39, 0.29) is 0 Å². The van der Waals surface area contributed by atoms with Crippen molar-refractivity contribution in [3.63, 3.8) is 0 Å². The third kappa shape index (κ3) is 3.54. The highest BCUT2D eigenvalue weighted by Crippen LogP contribution is 2.21. The zero-order valence-corrected chi connectivity index (χ0v) is 12.2. The van der Waals surface area contributed by atoms with Crippen LogP contribution in [-0.4, -0.2) is 27.5 Å². The maximum absolute atomic E-state index is 12.0. The van der Waals surface area contributed by atoms with Gasteiger partial charge in [0, 0.05) is 17.5 Å². The van der Waals surface area contributed by atoms with Crippen molar-refractivity contribution in [2.45, 2.75) is 42.9 Å². The fraction of sp³-hybridized carbons (Fsp3) is 0.667. The van der Waals surface area contributed by atoms with E-state index in [1.54, 1.807) is 6.07 Å². The van der Waals surface area contributed by atoms with E-state index >= 15 is 0 Å². The average molecular weight is 288 g/mol. The van der Waals surface area contributed by atoms with Gasteiger partial charge in [0.05, 0.1) is 0 Å². The molecule has 0 radical (unpaired) electrons. The summed E-state index contributed by atoms with van der Waals surface area (Å²) < 4.78 is 27.1. The van der Waals surface area contributed by atoms with E-state index in [9.17, 15) is 8.42 Å². The summed E-state index contributed by atoms with van der Waals surface area (Å²) in [5.41, 5.74) is 0.